The van der Waals surface area contributed by atoms with E-state index in [1.165, 1.54) is 5.56 Å². The third-order valence-corrected chi connectivity index (χ3v) is 4.77. The molecule has 4 nitrogen and oxygen atoms in total. The predicted octanol–water partition coefficient (Wildman–Crippen LogP) is 2.04. The first kappa shape index (κ1) is 15.3. The molecule has 1 aromatic rings. The number of carbonyl (C=O) groups is 1. The molecule has 0 bridgehead atoms. The van der Waals surface area contributed by atoms with Crippen molar-refractivity contribution in [1.29, 1.82) is 0 Å². The molecule has 0 radical (unpaired) electrons. The van der Waals surface area contributed by atoms with E-state index in [2.05, 4.69) is 23.6 Å². The Labute approximate surface area is 132 Å². The molecular formula is C18H26N2O2. The number of hydrogen-bond donors (Lipinski definition) is 2. The van der Waals surface area contributed by atoms with Crippen LogP contribution in [0.5, 0.6) is 5.75 Å². The Morgan fingerprint density at radius 2 is 2.00 bits per heavy atom. The molecule has 0 unspecified atom stereocenters. The van der Waals surface area contributed by atoms with Gasteiger partial charge in [-0.3, -0.25) is 4.79 Å². The van der Waals surface area contributed by atoms with Crippen molar-refractivity contribution in [2.45, 2.75) is 33.2 Å². The predicted molar refractivity (Wildman–Crippen MR) is 87.0 cm³/mol. The maximum atomic E-state index is 12.4. The highest BCUT2D eigenvalue weighted by Crippen LogP contribution is 2.48. The molecule has 1 aromatic carbocycles. The summed E-state index contributed by atoms with van der Waals surface area (Å²) in [5.41, 5.74) is 2.00. The number of fused-ring (bicyclic) bond motifs is 1. The third kappa shape index (κ3) is 3.12. The van der Waals surface area contributed by atoms with E-state index in [9.17, 15) is 4.79 Å². The quantitative estimate of drug-likeness (QED) is 0.875. The van der Waals surface area contributed by atoms with Crippen LogP contribution in [0.3, 0.4) is 0 Å². The summed E-state index contributed by atoms with van der Waals surface area (Å²) in [6, 6.07) is 6.16. The van der Waals surface area contributed by atoms with E-state index < -0.39 is 0 Å². The van der Waals surface area contributed by atoms with Crippen LogP contribution in [0.1, 0.15) is 25.0 Å². The second-order valence-corrected chi connectivity index (χ2v) is 7.44. The minimum atomic E-state index is -0.362. The second kappa shape index (κ2) is 5.58. The number of rotatable bonds is 5. The number of benzene rings is 1. The van der Waals surface area contributed by atoms with Crippen LogP contribution in [-0.2, 0) is 4.79 Å². The molecule has 1 aliphatic heterocycles. The molecule has 2 fully saturated rings. The molecule has 2 N–H and O–H groups in total. The van der Waals surface area contributed by atoms with E-state index in [0.717, 1.165) is 24.4 Å². The van der Waals surface area contributed by atoms with Gasteiger partial charge in [-0.1, -0.05) is 17.7 Å². The largest absolute Gasteiger partial charge is 0.491 e. The molecule has 120 valence electrons. The van der Waals surface area contributed by atoms with Gasteiger partial charge in [0.15, 0.2) is 0 Å². The van der Waals surface area contributed by atoms with Gasteiger partial charge in [-0.05, 0) is 64.3 Å². The van der Waals surface area contributed by atoms with E-state index in [4.69, 9.17) is 4.74 Å². The van der Waals surface area contributed by atoms with Gasteiger partial charge in [0.25, 0.3) is 0 Å². The van der Waals surface area contributed by atoms with Crippen LogP contribution in [0.4, 0.5) is 0 Å². The van der Waals surface area contributed by atoms with Gasteiger partial charge in [0.05, 0.1) is 5.54 Å². The summed E-state index contributed by atoms with van der Waals surface area (Å²) in [7, 11) is 0. The number of amides is 1. The van der Waals surface area contributed by atoms with Crippen LogP contribution >= 0.6 is 0 Å². The fourth-order valence-electron chi connectivity index (χ4n) is 3.48. The number of aryl methyl sites for hydroxylation is 2. The monoisotopic (exact) mass is 302 g/mol. The van der Waals surface area contributed by atoms with Crippen LogP contribution in [0.25, 0.3) is 0 Å². The first-order valence-electron chi connectivity index (χ1n) is 8.10. The van der Waals surface area contributed by atoms with Crippen molar-refractivity contribution >= 4 is 5.91 Å². The van der Waals surface area contributed by atoms with Crippen molar-refractivity contribution in [3.05, 3.63) is 29.3 Å². The standard InChI is InChI=1S/C18H26N2O2/c1-11-5-6-15(12(2)7-11)22-10-18(3,4)20-17(21)16-13-8-19-9-14(13)16/h5-7,13-14,16,19H,8-10H2,1-4H3,(H,20,21)/t13-,14+,16+. The van der Waals surface area contributed by atoms with Gasteiger partial charge in [0.2, 0.25) is 5.91 Å². The van der Waals surface area contributed by atoms with E-state index in [0.29, 0.717) is 18.4 Å². The van der Waals surface area contributed by atoms with E-state index >= 15 is 0 Å². The summed E-state index contributed by atoms with van der Waals surface area (Å²) in [5.74, 6) is 2.39. The highest BCUT2D eigenvalue weighted by molar-refractivity contribution is 5.83. The van der Waals surface area contributed by atoms with Gasteiger partial charge in [-0.25, -0.2) is 0 Å². The molecule has 0 aromatic heterocycles. The Morgan fingerprint density at radius 3 is 2.64 bits per heavy atom. The van der Waals surface area contributed by atoms with Crippen molar-refractivity contribution in [3.8, 4) is 5.75 Å². The Morgan fingerprint density at radius 1 is 1.32 bits per heavy atom. The second-order valence-electron chi connectivity index (χ2n) is 7.44. The van der Waals surface area contributed by atoms with Crippen LogP contribution in [0.15, 0.2) is 18.2 Å². The zero-order valence-electron chi connectivity index (χ0n) is 13.9. The third-order valence-electron chi connectivity index (χ3n) is 4.77. The minimum absolute atomic E-state index is 0.186. The molecule has 4 heteroatoms. The molecule has 1 saturated heterocycles. The molecule has 1 aliphatic carbocycles. The number of carbonyl (C=O) groups excluding carboxylic acids is 1. The summed E-state index contributed by atoms with van der Waals surface area (Å²) in [6.07, 6.45) is 0. The number of hydrogen-bond acceptors (Lipinski definition) is 3. The zero-order chi connectivity index (χ0) is 15.9. The van der Waals surface area contributed by atoms with Gasteiger partial charge < -0.3 is 15.4 Å². The lowest BCUT2D eigenvalue weighted by atomic mass is 10.1. The molecule has 2 aliphatic rings. The molecule has 22 heavy (non-hydrogen) atoms. The summed E-state index contributed by atoms with van der Waals surface area (Å²) in [6.45, 7) is 10.6. The first-order chi connectivity index (χ1) is 10.4. The first-order valence-corrected chi connectivity index (χ1v) is 8.10. The normalized spacial score (nSPS) is 26.5. The van der Waals surface area contributed by atoms with Gasteiger partial charge in [-0.2, -0.15) is 0 Å². The minimum Gasteiger partial charge on any atom is -0.491 e. The fourth-order valence-corrected chi connectivity index (χ4v) is 3.48. The van der Waals surface area contributed by atoms with Crippen molar-refractivity contribution in [2.75, 3.05) is 19.7 Å². The van der Waals surface area contributed by atoms with Crippen LogP contribution < -0.4 is 15.4 Å². The number of nitrogens with one attached hydrogen (secondary N) is 2. The fraction of sp³-hybridized carbons (Fsp3) is 0.611. The van der Waals surface area contributed by atoms with Crippen molar-refractivity contribution in [3.63, 3.8) is 0 Å². The average Bonchev–Trinajstić information content (AvgIpc) is 2.91. The maximum absolute atomic E-state index is 12.4. The van der Waals surface area contributed by atoms with E-state index in [1.807, 2.05) is 32.9 Å². The van der Waals surface area contributed by atoms with E-state index in [-0.39, 0.29) is 17.4 Å². The van der Waals surface area contributed by atoms with Crippen molar-refractivity contribution in [2.24, 2.45) is 17.8 Å². The Balaban J connectivity index is 1.53. The summed E-state index contributed by atoms with van der Waals surface area (Å²) in [5, 5.41) is 6.48. The maximum Gasteiger partial charge on any atom is 0.224 e. The molecular weight excluding hydrogens is 276 g/mol. The number of ether oxygens (including phenoxy) is 1. The average molecular weight is 302 g/mol. The summed E-state index contributed by atoms with van der Waals surface area (Å²) >= 11 is 0. The molecule has 3 rings (SSSR count). The Hall–Kier alpha value is -1.55. The van der Waals surface area contributed by atoms with Crippen molar-refractivity contribution < 1.29 is 9.53 Å². The smallest absolute Gasteiger partial charge is 0.224 e. The van der Waals surface area contributed by atoms with Crippen molar-refractivity contribution in [1.82, 2.24) is 10.6 Å². The van der Waals surface area contributed by atoms with Gasteiger partial charge in [-0.15, -0.1) is 0 Å². The lowest BCUT2D eigenvalue weighted by Gasteiger charge is -2.27. The highest BCUT2D eigenvalue weighted by atomic mass is 16.5. The van der Waals surface area contributed by atoms with Crippen LogP contribution in [0, 0.1) is 31.6 Å². The van der Waals surface area contributed by atoms with Gasteiger partial charge in [0, 0.05) is 5.92 Å². The molecule has 3 atom stereocenters. The van der Waals surface area contributed by atoms with Gasteiger partial charge >= 0.3 is 0 Å². The summed E-state index contributed by atoms with van der Waals surface area (Å²) in [4.78, 5) is 12.4. The lowest BCUT2D eigenvalue weighted by Crippen LogP contribution is -2.49. The van der Waals surface area contributed by atoms with E-state index in [1.54, 1.807) is 0 Å². The Kier molecular flexibility index (Phi) is 3.89. The molecule has 1 saturated carbocycles. The molecule has 1 amide bonds. The lowest BCUT2D eigenvalue weighted by molar-refractivity contribution is -0.125. The zero-order valence-corrected chi connectivity index (χ0v) is 13.9. The molecule has 1 heterocycles. The highest BCUT2D eigenvalue weighted by Gasteiger charge is 2.57. The Bertz CT molecular complexity index is 572. The SMILES string of the molecule is Cc1ccc(OCC(C)(C)NC(=O)[C@H]2[C@@H]3CNC[C@@H]32)c(C)c1. The van der Waals surface area contributed by atoms with Crippen LogP contribution in [0.2, 0.25) is 0 Å². The van der Waals surface area contributed by atoms with Crippen LogP contribution in [-0.4, -0.2) is 31.1 Å². The topological polar surface area (TPSA) is 50.4 Å². The number of piperidine rings is 1. The molecule has 0 spiro atoms. The summed E-state index contributed by atoms with van der Waals surface area (Å²) < 4.78 is 5.92. The van der Waals surface area contributed by atoms with Gasteiger partial charge in [0.1, 0.15) is 12.4 Å².